The molecule has 0 bridgehead atoms. The average molecular weight is 1160 g/mol. The van der Waals surface area contributed by atoms with Crippen molar-refractivity contribution in [3.63, 3.8) is 0 Å². The van der Waals surface area contributed by atoms with E-state index in [9.17, 15) is 32.1 Å². The van der Waals surface area contributed by atoms with Crippen molar-refractivity contribution in [2.24, 2.45) is 0 Å². The Morgan fingerprint density at radius 3 is 1.48 bits per heavy atom. The van der Waals surface area contributed by atoms with Gasteiger partial charge in [0, 0.05) is 84.4 Å². The molecule has 79 heavy (non-hydrogen) atoms. The number of carbonyl (C=O) groups excluding carboxylic acids is 4. The van der Waals surface area contributed by atoms with E-state index < -0.39 is 30.2 Å². The number of hydrogen-bond donors (Lipinski definition) is 0. The molecule has 1 saturated carbocycles. The average Bonchev–Trinajstić information content (AvgIpc) is 3.29. The Balaban J connectivity index is 0.00000468. The fraction of sp³-hybridized carbons (Fsp3) is 0.590. The van der Waals surface area contributed by atoms with E-state index in [0.717, 1.165) is 97.4 Å². The number of unbranched alkanes of at least 4 members (excludes halogenated alkanes) is 4. The van der Waals surface area contributed by atoms with Crippen molar-refractivity contribution < 1.29 is 130 Å². The maximum atomic E-state index is 12.3. The maximum absolute atomic E-state index is 12.3. The van der Waals surface area contributed by atoms with Gasteiger partial charge in [0.2, 0.25) is 5.71 Å². The van der Waals surface area contributed by atoms with Gasteiger partial charge in [-0.15, -0.1) is 0 Å². The van der Waals surface area contributed by atoms with Crippen LogP contribution < -0.4 is 61.2 Å². The van der Waals surface area contributed by atoms with Gasteiger partial charge in [-0.1, -0.05) is 99.9 Å². The normalized spacial score (nSPS) is 18.5. The summed E-state index contributed by atoms with van der Waals surface area (Å²) in [6, 6.07) is 11.2. The van der Waals surface area contributed by atoms with Crippen LogP contribution in [0.5, 0.6) is 0 Å². The van der Waals surface area contributed by atoms with Crippen molar-refractivity contribution in [1.82, 2.24) is 0 Å². The minimum atomic E-state index is -4.73. The second-order valence-corrected chi connectivity index (χ2v) is 21.4. The van der Waals surface area contributed by atoms with Gasteiger partial charge >= 0.3 is 75.3 Å². The number of fused-ring (bicyclic) bond motifs is 2. The maximum Gasteiger partial charge on any atom is 1.00 e. The van der Waals surface area contributed by atoms with Gasteiger partial charge in [-0.25, -0.2) is 13.0 Å². The van der Waals surface area contributed by atoms with Crippen molar-refractivity contribution in [2.45, 2.75) is 163 Å². The molecule has 2 aliphatic heterocycles. The van der Waals surface area contributed by atoms with E-state index in [2.05, 4.69) is 77.6 Å². The molecule has 0 saturated heterocycles. The molecule has 0 radical (unpaired) electrons. The number of methoxy groups -OCH3 is 4. The summed E-state index contributed by atoms with van der Waals surface area (Å²) in [6.07, 6.45) is 16.7. The van der Waals surface area contributed by atoms with Crippen molar-refractivity contribution in [2.75, 3.05) is 90.8 Å². The first-order valence-electron chi connectivity index (χ1n) is 32.1. The smallest absolute Gasteiger partial charge is 0.744 e. The van der Waals surface area contributed by atoms with Crippen LogP contribution in [-0.2, 0) is 68.5 Å². The standard InChI is InChI=1S/C57H79N3O13S.4CH4.K/c1-41-21-25-47-45(39-41)56(2,3)49(59(47)31-14-10-12-19-51(61)68-6)27-22-42-17-16-18-43(55(42)58(33-37-72-35-29-53(63)70-8)34-38-73-36-30-54(64)71-9)23-28-50-57(4,5)46-40-44(74(65,66)67)24-26-48(46)60(50)32-15-11-13-20-52(62)69-7;;;;;/h21-28,39-40H,10-20,29-38H2,1-9H3;4*1H4;/q;;;;;+1/i;1D4;1D3;1D2;1D;. The summed E-state index contributed by atoms with van der Waals surface area (Å²) in [5.74, 6) is -1.19. The Morgan fingerprint density at radius 1 is 0.658 bits per heavy atom. The Labute approximate surface area is 531 Å². The first-order chi connectivity index (χ1) is 41.4. The molecule has 3 aliphatic rings. The second-order valence-electron chi connectivity index (χ2n) is 20.0. The first-order valence-corrected chi connectivity index (χ1v) is 27.3. The van der Waals surface area contributed by atoms with Gasteiger partial charge in [-0.3, -0.25) is 19.2 Å². The molecule has 0 unspecified atom stereocenters. The SMILES string of the molecule is COC(=O)CCCCCN1C(=CC=C2CCC/C(=C\C=C3\N(CCCCCC(=O)OC)c4ccc(S(=O)(=O)[O-])cc4C3(C)C)C2=[N+](CCOCCC(=O)OC)CCOCCC(=O)OC)C(C)(C)c2cc(C)ccc21.[2H]C.[2H]C([2H])([2H])[2H].[2H]C([2H])[2H].[2H]C[2H].[K+]. The molecule has 1 aliphatic carbocycles. The number of benzene rings is 2. The zero-order valence-corrected chi connectivity index (χ0v) is 52.9. The Bertz CT molecular complexity index is 2780. The minimum absolute atomic E-state index is 0. The predicted molar refractivity (Wildman–Crippen MR) is 310 cm³/mol. The fourth-order valence-electron chi connectivity index (χ4n) is 10.1. The monoisotopic (exact) mass is 1160 g/mol. The zero-order chi connectivity index (χ0) is 66.8. The van der Waals surface area contributed by atoms with Gasteiger partial charge in [-0.2, -0.15) is 0 Å². The topological polar surface area (TPSA) is 190 Å². The molecule has 18 heteroatoms. The van der Waals surface area contributed by atoms with Crippen LogP contribution in [0.15, 0.2) is 88.1 Å². The van der Waals surface area contributed by atoms with Crippen molar-refractivity contribution in [1.29, 1.82) is 0 Å². The van der Waals surface area contributed by atoms with E-state index in [1.165, 1.54) is 64.8 Å². The number of hydrogen-bond acceptors (Lipinski definition) is 15. The fourth-order valence-corrected chi connectivity index (χ4v) is 10.6. The molecule has 2 heterocycles. The molecule has 0 spiro atoms. The molecule has 0 aromatic heterocycles. The molecular weight excluding hydrogens is 1050 g/mol. The van der Waals surface area contributed by atoms with Gasteiger partial charge in [0.1, 0.15) is 23.3 Å². The third-order valence-corrected chi connectivity index (χ3v) is 15.1. The molecule has 0 atom stereocenters. The zero-order valence-electron chi connectivity index (χ0n) is 59.0. The Hall–Kier alpha value is -3.98. The molecule has 0 N–H and O–H groups in total. The van der Waals surface area contributed by atoms with Gasteiger partial charge in [0.15, 0.2) is 13.1 Å². The van der Waals surface area contributed by atoms with Crippen LogP contribution in [-0.4, -0.2) is 128 Å². The summed E-state index contributed by atoms with van der Waals surface area (Å²) in [6.45, 7) is 13.9. The molecule has 1 fully saturated rings. The van der Waals surface area contributed by atoms with Gasteiger partial charge in [0.25, 0.3) is 0 Å². The Kier molecular flexibility index (Phi) is 26.4. The van der Waals surface area contributed by atoms with E-state index in [-0.39, 0.29) is 119 Å². The number of nitrogens with zero attached hydrogens (tertiary/aromatic N) is 3. The van der Waals surface area contributed by atoms with Crippen LogP contribution in [0.2, 0.25) is 0 Å². The molecular formula is C61H95KN3O13S+. The number of anilines is 2. The number of aryl methyl sites for hydroxylation is 1. The number of ether oxygens (including phenoxy) is 6. The van der Waals surface area contributed by atoms with E-state index in [1.807, 2.05) is 13.8 Å². The molecule has 16 nitrogen and oxygen atoms in total. The molecule has 0 amide bonds. The number of esters is 4. The third kappa shape index (κ3) is 20.7. The summed E-state index contributed by atoms with van der Waals surface area (Å²) in [5, 5.41) is 0. The summed E-state index contributed by atoms with van der Waals surface area (Å²) in [4.78, 5) is 52.2. The van der Waals surface area contributed by atoms with Gasteiger partial charge < -0.3 is 42.8 Å². The van der Waals surface area contributed by atoms with Crippen LogP contribution in [0.1, 0.15) is 171 Å². The van der Waals surface area contributed by atoms with Crippen LogP contribution >= 0.6 is 0 Å². The van der Waals surface area contributed by atoms with Crippen LogP contribution in [0.4, 0.5) is 11.4 Å². The van der Waals surface area contributed by atoms with Gasteiger partial charge in [0.05, 0.1) is 59.4 Å². The quantitative estimate of drug-likeness (QED) is 0.0208. The molecule has 2 aromatic carbocycles. The summed E-state index contributed by atoms with van der Waals surface area (Å²) in [7, 11) is -2.15. The van der Waals surface area contributed by atoms with Gasteiger partial charge in [-0.05, 0) is 99.4 Å². The minimum Gasteiger partial charge on any atom is -0.744 e. The predicted octanol–water partition coefficient (Wildman–Crippen LogP) is 8.23. The summed E-state index contributed by atoms with van der Waals surface area (Å²) < 4.78 is 130. The summed E-state index contributed by atoms with van der Waals surface area (Å²) in [5.41, 5.74) is 9.38. The first kappa shape index (κ1) is 58.2. The van der Waals surface area contributed by atoms with Crippen LogP contribution in [0, 0.1) is 6.92 Å². The Morgan fingerprint density at radius 2 is 1.06 bits per heavy atom. The van der Waals surface area contributed by atoms with Crippen molar-refractivity contribution in [3.05, 3.63) is 99.9 Å². The number of carbonyl (C=O) groups is 4. The molecule has 5 rings (SSSR count). The van der Waals surface area contributed by atoms with E-state index in [1.54, 1.807) is 6.07 Å². The molecule has 438 valence electrons. The van der Waals surface area contributed by atoms with Crippen LogP contribution in [0.3, 0.4) is 0 Å². The molecule has 2 aromatic rings. The number of rotatable bonds is 27. The summed E-state index contributed by atoms with van der Waals surface area (Å²) >= 11 is 0. The van der Waals surface area contributed by atoms with Crippen molar-refractivity contribution >= 4 is 51.1 Å². The van der Waals surface area contributed by atoms with Crippen molar-refractivity contribution in [3.8, 4) is 0 Å². The van der Waals surface area contributed by atoms with E-state index in [4.69, 9.17) is 42.1 Å². The van der Waals surface area contributed by atoms with E-state index >= 15 is 0 Å². The second kappa shape index (κ2) is 35.8. The largest absolute Gasteiger partial charge is 1.00 e. The number of allylic oxidation sites excluding steroid dienone is 8. The van der Waals surface area contributed by atoms with Crippen LogP contribution in [0.25, 0.3) is 0 Å². The van der Waals surface area contributed by atoms with E-state index in [0.29, 0.717) is 52.1 Å². The third-order valence-electron chi connectivity index (χ3n) is 14.2.